The van der Waals surface area contributed by atoms with E-state index in [4.69, 9.17) is 14.6 Å². The van der Waals surface area contributed by atoms with Gasteiger partial charge in [-0.15, -0.1) is 0 Å². The Morgan fingerprint density at radius 3 is 2.16 bits per heavy atom. The van der Waals surface area contributed by atoms with Crippen molar-refractivity contribution in [2.24, 2.45) is 5.92 Å². The molecule has 170 valence electrons. The van der Waals surface area contributed by atoms with Crippen LogP contribution in [0.5, 0.6) is 0 Å². The van der Waals surface area contributed by atoms with Crippen LogP contribution in [0.25, 0.3) is 11.1 Å². The molecule has 2 aromatic rings. The minimum atomic E-state index is -1.09. The van der Waals surface area contributed by atoms with E-state index in [1.165, 1.54) is 0 Å². The van der Waals surface area contributed by atoms with Crippen molar-refractivity contribution in [2.75, 3.05) is 26.4 Å². The van der Waals surface area contributed by atoms with Crippen LogP contribution >= 0.6 is 0 Å². The van der Waals surface area contributed by atoms with Gasteiger partial charge in [-0.05, 0) is 28.2 Å². The molecule has 8 nitrogen and oxygen atoms in total. The average molecular weight is 440 g/mol. The maximum Gasteiger partial charge on any atom is 0.407 e. The third kappa shape index (κ3) is 5.64. The van der Waals surface area contributed by atoms with Crippen LogP contribution in [0.2, 0.25) is 0 Å². The number of amides is 2. The predicted octanol–water partition coefficient (Wildman–Crippen LogP) is 2.77. The lowest BCUT2D eigenvalue weighted by molar-refractivity contribution is -0.143. The number of carboxylic acid groups (broad SMARTS) is 1. The van der Waals surface area contributed by atoms with Crippen LogP contribution < -0.4 is 10.6 Å². The standard InChI is InChI=1S/C24H28N2O6/c1-15(2)22(23(28)29)26-21(27)14-31-12-11-25-24(30)32-13-20-18-9-5-3-7-16(18)17-8-4-6-10-19(17)20/h3-10,15,20,22H,11-14H2,1-2H3,(H,25,30)(H,26,27)(H,28,29)/t22-/m1/s1. The molecule has 1 aliphatic carbocycles. The molecule has 0 saturated carbocycles. The SMILES string of the molecule is CC(C)[C@@H](NC(=O)COCCNC(=O)OCC1c2ccccc2-c2ccccc21)C(=O)O. The summed E-state index contributed by atoms with van der Waals surface area (Å²) >= 11 is 0. The number of hydrogen-bond acceptors (Lipinski definition) is 5. The molecule has 0 bridgehead atoms. The second-order valence-corrected chi connectivity index (χ2v) is 7.93. The Balaban J connectivity index is 1.38. The van der Waals surface area contributed by atoms with E-state index >= 15 is 0 Å². The topological polar surface area (TPSA) is 114 Å². The van der Waals surface area contributed by atoms with E-state index in [-0.39, 0.29) is 38.2 Å². The van der Waals surface area contributed by atoms with Gasteiger partial charge >= 0.3 is 12.1 Å². The van der Waals surface area contributed by atoms with Crippen molar-refractivity contribution in [3.8, 4) is 11.1 Å². The van der Waals surface area contributed by atoms with Crippen LogP contribution in [0.3, 0.4) is 0 Å². The minimum Gasteiger partial charge on any atom is -0.480 e. The molecule has 0 heterocycles. The molecule has 0 unspecified atom stereocenters. The van der Waals surface area contributed by atoms with Gasteiger partial charge in [0.25, 0.3) is 0 Å². The number of carbonyl (C=O) groups excluding carboxylic acids is 2. The van der Waals surface area contributed by atoms with Crippen molar-refractivity contribution in [3.63, 3.8) is 0 Å². The van der Waals surface area contributed by atoms with Crippen LogP contribution in [0, 0.1) is 5.92 Å². The van der Waals surface area contributed by atoms with Crippen LogP contribution in [0.1, 0.15) is 30.9 Å². The highest BCUT2D eigenvalue weighted by Crippen LogP contribution is 2.44. The van der Waals surface area contributed by atoms with Crippen LogP contribution in [-0.2, 0) is 19.1 Å². The molecule has 0 radical (unpaired) electrons. The maximum absolute atomic E-state index is 12.1. The van der Waals surface area contributed by atoms with E-state index in [1.807, 2.05) is 36.4 Å². The first-order chi connectivity index (χ1) is 15.4. The van der Waals surface area contributed by atoms with Gasteiger partial charge in [-0.25, -0.2) is 9.59 Å². The zero-order valence-corrected chi connectivity index (χ0v) is 18.2. The Morgan fingerprint density at radius 1 is 1.00 bits per heavy atom. The summed E-state index contributed by atoms with van der Waals surface area (Å²) in [4.78, 5) is 35.0. The quantitative estimate of drug-likeness (QED) is 0.490. The second kappa shape index (κ2) is 10.8. The van der Waals surface area contributed by atoms with Gasteiger partial charge in [0.2, 0.25) is 5.91 Å². The highest BCUT2D eigenvalue weighted by Gasteiger charge is 2.29. The van der Waals surface area contributed by atoms with Crippen LogP contribution in [0.4, 0.5) is 4.79 Å². The number of rotatable bonds is 10. The normalized spacial score (nSPS) is 13.2. The average Bonchev–Trinajstić information content (AvgIpc) is 3.09. The summed E-state index contributed by atoms with van der Waals surface area (Å²) in [6.45, 7) is 3.60. The Kier molecular flexibility index (Phi) is 7.83. The molecule has 2 aromatic carbocycles. The number of ether oxygens (including phenoxy) is 2. The molecule has 0 spiro atoms. The number of aliphatic carboxylic acids is 1. The second-order valence-electron chi connectivity index (χ2n) is 7.93. The van der Waals surface area contributed by atoms with E-state index in [2.05, 4.69) is 22.8 Å². The molecular weight excluding hydrogens is 412 g/mol. The Bertz CT molecular complexity index is 929. The third-order valence-electron chi connectivity index (χ3n) is 5.34. The molecule has 2 amide bonds. The number of benzene rings is 2. The summed E-state index contributed by atoms with van der Waals surface area (Å²) in [6.07, 6.45) is -0.564. The fraction of sp³-hybridized carbons (Fsp3) is 0.375. The van der Waals surface area contributed by atoms with Gasteiger partial charge in [-0.3, -0.25) is 4.79 Å². The molecule has 1 aliphatic rings. The third-order valence-corrected chi connectivity index (χ3v) is 5.34. The summed E-state index contributed by atoms with van der Waals surface area (Å²) in [6, 6.07) is 15.2. The molecule has 0 aromatic heterocycles. The molecule has 1 atom stereocenters. The molecule has 8 heteroatoms. The molecule has 3 rings (SSSR count). The van der Waals surface area contributed by atoms with Gasteiger partial charge in [0, 0.05) is 12.5 Å². The fourth-order valence-electron chi connectivity index (χ4n) is 3.77. The van der Waals surface area contributed by atoms with Gasteiger partial charge in [0.15, 0.2) is 0 Å². The first-order valence-electron chi connectivity index (χ1n) is 10.6. The highest BCUT2D eigenvalue weighted by atomic mass is 16.5. The summed E-state index contributed by atoms with van der Waals surface area (Å²) in [7, 11) is 0. The van der Waals surface area contributed by atoms with E-state index in [0.717, 1.165) is 22.3 Å². The first kappa shape index (κ1) is 23.3. The number of carboxylic acids is 1. The van der Waals surface area contributed by atoms with Crippen LogP contribution in [-0.4, -0.2) is 55.5 Å². The number of nitrogens with one attached hydrogen (secondary N) is 2. The summed E-state index contributed by atoms with van der Waals surface area (Å²) in [5.74, 6) is -1.87. The van der Waals surface area contributed by atoms with Gasteiger partial charge < -0.3 is 25.2 Å². The molecule has 3 N–H and O–H groups in total. The Morgan fingerprint density at radius 2 is 1.59 bits per heavy atom. The van der Waals surface area contributed by atoms with Gasteiger partial charge in [0.1, 0.15) is 19.3 Å². The lowest BCUT2D eigenvalue weighted by Crippen LogP contribution is -2.45. The number of carbonyl (C=O) groups is 3. The van der Waals surface area contributed by atoms with Gasteiger partial charge in [0.05, 0.1) is 6.61 Å². The summed E-state index contributed by atoms with van der Waals surface area (Å²) < 4.78 is 10.6. The lowest BCUT2D eigenvalue weighted by Gasteiger charge is -2.17. The molecule has 32 heavy (non-hydrogen) atoms. The number of fused-ring (bicyclic) bond motifs is 3. The molecular formula is C24H28N2O6. The Labute approximate surface area is 186 Å². The van der Waals surface area contributed by atoms with Crippen LogP contribution in [0.15, 0.2) is 48.5 Å². The molecule has 0 fully saturated rings. The smallest absolute Gasteiger partial charge is 0.407 e. The van der Waals surface area contributed by atoms with Gasteiger partial charge in [-0.2, -0.15) is 0 Å². The van der Waals surface area contributed by atoms with E-state index in [0.29, 0.717) is 0 Å². The first-order valence-corrected chi connectivity index (χ1v) is 10.6. The number of hydrogen-bond donors (Lipinski definition) is 3. The largest absolute Gasteiger partial charge is 0.480 e. The van der Waals surface area contributed by atoms with E-state index in [9.17, 15) is 14.4 Å². The van der Waals surface area contributed by atoms with Crippen molar-refractivity contribution in [2.45, 2.75) is 25.8 Å². The van der Waals surface area contributed by atoms with E-state index in [1.54, 1.807) is 13.8 Å². The zero-order chi connectivity index (χ0) is 23.1. The van der Waals surface area contributed by atoms with Gasteiger partial charge in [-0.1, -0.05) is 62.4 Å². The summed E-state index contributed by atoms with van der Waals surface area (Å²) in [5.41, 5.74) is 4.59. The van der Waals surface area contributed by atoms with Crippen molar-refractivity contribution >= 4 is 18.0 Å². The minimum absolute atomic E-state index is 0.0174. The molecule has 0 saturated heterocycles. The zero-order valence-electron chi connectivity index (χ0n) is 18.2. The Hall–Kier alpha value is -3.39. The molecule has 0 aliphatic heterocycles. The fourth-order valence-corrected chi connectivity index (χ4v) is 3.77. The summed E-state index contributed by atoms with van der Waals surface area (Å²) in [5, 5.41) is 14.1. The van der Waals surface area contributed by atoms with Crippen molar-refractivity contribution < 1.29 is 29.0 Å². The van der Waals surface area contributed by atoms with Crippen molar-refractivity contribution in [1.29, 1.82) is 0 Å². The number of alkyl carbamates (subject to hydrolysis) is 1. The lowest BCUT2D eigenvalue weighted by atomic mass is 9.98. The van der Waals surface area contributed by atoms with E-state index < -0.39 is 24.0 Å². The maximum atomic E-state index is 12.1. The predicted molar refractivity (Wildman–Crippen MR) is 118 cm³/mol. The highest BCUT2D eigenvalue weighted by molar-refractivity contribution is 5.84. The van der Waals surface area contributed by atoms with Crippen molar-refractivity contribution in [1.82, 2.24) is 10.6 Å². The monoisotopic (exact) mass is 440 g/mol. The van der Waals surface area contributed by atoms with Crippen molar-refractivity contribution in [3.05, 3.63) is 59.7 Å².